The topological polar surface area (TPSA) is 43.4 Å². The van der Waals surface area contributed by atoms with Crippen LogP contribution in [0.5, 0.6) is 0 Å². The standard InChI is InChI=1S/C11H14O3/c1-8-6-11(7-14-10(8)13)5-3-2-4-9(11)12/h1-7H2. The van der Waals surface area contributed by atoms with E-state index in [2.05, 4.69) is 6.58 Å². The summed E-state index contributed by atoms with van der Waals surface area (Å²) < 4.78 is 4.99. The molecule has 0 aromatic rings. The summed E-state index contributed by atoms with van der Waals surface area (Å²) in [5.41, 5.74) is 0.0370. The van der Waals surface area contributed by atoms with Crippen molar-refractivity contribution < 1.29 is 14.3 Å². The highest BCUT2D eigenvalue weighted by Crippen LogP contribution is 2.41. The third-order valence-corrected chi connectivity index (χ3v) is 3.22. The second-order valence-electron chi connectivity index (χ2n) is 4.27. The number of Topliss-reactive ketones (excluding diaryl/α,β-unsaturated/α-hetero) is 1. The Kier molecular flexibility index (Phi) is 2.17. The number of hydrogen-bond donors (Lipinski definition) is 0. The van der Waals surface area contributed by atoms with Crippen molar-refractivity contribution in [2.75, 3.05) is 6.61 Å². The summed E-state index contributed by atoms with van der Waals surface area (Å²) >= 11 is 0. The molecule has 1 aliphatic heterocycles. The smallest absolute Gasteiger partial charge is 0.333 e. The Bertz CT molecular complexity index is 306. The number of rotatable bonds is 0. The van der Waals surface area contributed by atoms with Crippen LogP contribution in [0.4, 0.5) is 0 Å². The number of esters is 1. The first-order chi connectivity index (χ1) is 6.64. The fourth-order valence-corrected chi connectivity index (χ4v) is 2.33. The highest BCUT2D eigenvalue weighted by molar-refractivity contribution is 5.93. The van der Waals surface area contributed by atoms with E-state index < -0.39 is 5.41 Å². The predicted molar refractivity (Wildman–Crippen MR) is 50.6 cm³/mol. The van der Waals surface area contributed by atoms with Gasteiger partial charge in [0.1, 0.15) is 12.4 Å². The van der Waals surface area contributed by atoms with Crippen molar-refractivity contribution in [3.05, 3.63) is 12.2 Å². The van der Waals surface area contributed by atoms with Gasteiger partial charge < -0.3 is 4.74 Å². The van der Waals surface area contributed by atoms with Crippen molar-refractivity contribution >= 4 is 11.8 Å². The van der Waals surface area contributed by atoms with Gasteiger partial charge in [-0.25, -0.2) is 4.79 Å². The van der Waals surface area contributed by atoms with Crippen LogP contribution in [-0.4, -0.2) is 18.4 Å². The molecule has 2 fully saturated rings. The van der Waals surface area contributed by atoms with Crippen LogP contribution in [0.15, 0.2) is 12.2 Å². The van der Waals surface area contributed by atoms with Crippen LogP contribution in [-0.2, 0) is 14.3 Å². The van der Waals surface area contributed by atoms with Crippen molar-refractivity contribution in [3.8, 4) is 0 Å². The molecular weight excluding hydrogens is 180 g/mol. The zero-order chi connectivity index (χ0) is 10.2. The summed E-state index contributed by atoms with van der Waals surface area (Å²) in [4.78, 5) is 22.9. The minimum Gasteiger partial charge on any atom is -0.461 e. The van der Waals surface area contributed by atoms with Crippen LogP contribution in [0.25, 0.3) is 0 Å². The highest BCUT2D eigenvalue weighted by atomic mass is 16.5. The van der Waals surface area contributed by atoms with Crippen molar-refractivity contribution in [1.29, 1.82) is 0 Å². The Morgan fingerprint density at radius 2 is 2.07 bits per heavy atom. The van der Waals surface area contributed by atoms with E-state index >= 15 is 0 Å². The van der Waals surface area contributed by atoms with Crippen molar-refractivity contribution in [1.82, 2.24) is 0 Å². The van der Waals surface area contributed by atoms with Crippen molar-refractivity contribution in [3.63, 3.8) is 0 Å². The Labute approximate surface area is 83.1 Å². The zero-order valence-electron chi connectivity index (χ0n) is 8.17. The van der Waals surface area contributed by atoms with Crippen LogP contribution in [0.3, 0.4) is 0 Å². The maximum Gasteiger partial charge on any atom is 0.333 e. The van der Waals surface area contributed by atoms with Crippen LogP contribution in [0.2, 0.25) is 0 Å². The monoisotopic (exact) mass is 194 g/mol. The SMILES string of the molecule is C=C1CC2(CCCCC2=O)COC1=O. The van der Waals surface area contributed by atoms with Gasteiger partial charge in [-0.15, -0.1) is 0 Å². The van der Waals surface area contributed by atoms with E-state index in [1.165, 1.54) is 0 Å². The molecule has 14 heavy (non-hydrogen) atoms. The van der Waals surface area contributed by atoms with Gasteiger partial charge in [0, 0.05) is 12.0 Å². The molecule has 1 heterocycles. The van der Waals surface area contributed by atoms with Crippen molar-refractivity contribution in [2.45, 2.75) is 32.1 Å². The predicted octanol–water partition coefficient (Wildman–Crippen LogP) is 1.62. The summed E-state index contributed by atoms with van der Waals surface area (Å²) in [5.74, 6) is -0.0913. The number of ether oxygens (including phenoxy) is 1. The Hall–Kier alpha value is -1.12. The van der Waals surface area contributed by atoms with E-state index in [-0.39, 0.29) is 18.4 Å². The molecule has 76 valence electrons. The third kappa shape index (κ3) is 1.37. The average Bonchev–Trinajstić information content (AvgIpc) is 2.17. The lowest BCUT2D eigenvalue weighted by Crippen LogP contribution is -2.43. The maximum atomic E-state index is 11.8. The molecule has 1 aliphatic carbocycles. The second-order valence-corrected chi connectivity index (χ2v) is 4.27. The second kappa shape index (κ2) is 3.23. The van der Waals surface area contributed by atoms with E-state index in [0.29, 0.717) is 18.4 Å². The van der Waals surface area contributed by atoms with Crippen LogP contribution < -0.4 is 0 Å². The summed E-state index contributed by atoms with van der Waals surface area (Å²) in [5, 5.41) is 0. The number of carbonyl (C=O) groups excluding carboxylic acids is 2. The van der Waals surface area contributed by atoms with Gasteiger partial charge in [-0.3, -0.25) is 4.79 Å². The quantitative estimate of drug-likeness (QED) is 0.434. The number of carbonyl (C=O) groups is 2. The fourth-order valence-electron chi connectivity index (χ4n) is 2.33. The van der Waals surface area contributed by atoms with Gasteiger partial charge in [-0.1, -0.05) is 13.0 Å². The first-order valence-corrected chi connectivity index (χ1v) is 5.02. The molecule has 1 atom stereocenters. The molecule has 1 spiro atoms. The minimum atomic E-state index is -0.413. The summed E-state index contributed by atoms with van der Waals surface area (Å²) in [6.07, 6.45) is 4.01. The van der Waals surface area contributed by atoms with Gasteiger partial charge in [-0.2, -0.15) is 0 Å². The Balaban J connectivity index is 2.19. The van der Waals surface area contributed by atoms with Gasteiger partial charge in [0.2, 0.25) is 0 Å². The first-order valence-electron chi connectivity index (χ1n) is 5.02. The van der Waals surface area contributed by atoms with Crippen LogP contribution >= 0.6 is 0 Å². The highest BCUT2D eigenvalue weighted by Gasteiger charge is 2.45. The van der Waals surface area contributed by atoms with E-state index in [1.807, 2.05) is 0 Å². The largest absolute Gasteiger partial charge is 0.461 e. The lowest BCUT2D eigenvalue weighted by atomic mass is 9.69. The van der Waals surface area contributed by atoms with E-state index in [0.717, 1.165) is 19.3 Å². The third-order valence-electron chi connectivity index (χ3n) is 3.22. The number of cyclic esters (lactones) is 1. The molecular formula is C11H14O3. The molecule has 0 amide bonds. The van der Waals surface area contributed by atoms with E-state index in [4.69, 9.17) is 4.74 Å². The molecule has 0 aromatic heterocycles. The van der Waals surface area contributed by atoms with Crippen LogP contribution in [0.1, 0.15) is 32.1 Å². The Morgan fingerprint density at radius 3 is 2.71 bits per heavy atom. The maximum absolute atomic E-state index is 11.8. The lowest BCUT2D eigenvalue weighted by molar-refractivity contribution is -0.153. The molecule has 2 aliphatic rings. The normalized spacial score (nSPS) is 33.3. The molecule has 0 N–H and O–H groups in total. The van der Waals surface area contributed by atoms with E-state index in [1.54, 1.807) is 0 Å². The number of hydrogen-bond acceptors (Lipinski definition) is 3. The molecule has 3 heteroatoms. The first kappa shape index (κ1) is 9.44. The molecule has 0 aromatic carbocycles. The van der Waals surface area contributed by atoms with Gasteiger partial charge >= 0.3 is 5.97 Å². The van der Waals surface area contributed by atoms with Gasteiger partial charge in [0.25, 0.3) is 0 Å². The molecule has 0 bridgehead atoms. The van der Waals surface area contributed by atoms with E-state index in [9.17, 15) is 9.59 Å². The minimum absolute atomic E-state index is 0.248. The summed E-state index contributed by atoms with van der Waals surface area (Å²) in [6.45, 7) is 3.92. The fraction of sp³-hybridized carbons (Fsp3) is 0.636. The lowest BCUT2D eigenvalue weighted by Gasteiger charge is -2.38. The molecule has 1 saturated carbocycles. The van der Waals surface area contributed by atoms with Crippen molar-refractivity contribution in [2.24, 2.45) is 5.41 Å². The van der Waals surface area contributed by atoms with Gasteiger partial charge in [0.15, 0.2) is 0 Å². The molecule has 0 radical (unpaired) electrons. The average molecular weight is 194 g/mol. The molecule has 1 unspecified atom stereocenters. The molecule has 1 saturated heterocycles. The summed E-state index contributed by atoms with van der Waals surface area (Å²) in [7, 11) is 0. The summed E-state index contributed by atoms with van der Waals surface area (Å²) in [6, 6.07) is 0. The van der Waals surface area contributed by atoms with Gasteiger partial charge in [-0.05, 0) is 19.3 Å². The number of ketones is 1. The molecule has 3 nitrogen and oxygen atoms in total. The van der Waals surface area contributed by atoms with Crippen LogP contribution in [0, 0.1) is 5.41 Å². The van der Waals surface area contributed by atoms with Gasteiger partial charge in [0.05, 0.1) is 5.41 Å². The zero-order valence-corrected chi connectivity index (χ0v) is 8.17. The Morgan fingerprint density at radius 1 is 1.29 bits per heavy atom. The molecule has 2 rings (SSSR count).